The highest BCUT2D eigenvalue weighted by Crippen LogP contribution is 2.34. The SMILES string of the molecule is N#Cc1ccc(CCNC(=O)[C@@H]2CCCN2c2cc(N3CCC(CCCC(=O)NCCNc4cc(N(CCO)CCO)ncn4)CC3)nc(C(F)(F)F)n2)cc1. The fourth-order valence-corrected chi connectivity index (χ4v) is 7.05. The van der Waals surface area contributed by atoms with Crippen molar-refractivity contribution in [3.05, 3.63) is 59.7 Å². The van der Waals surface area contributed by atoms with Gasteiger partial charge >= 0.3 is 6.18 Å². The molecule has 2 aliphatic heterocycles. The van der Waals surface area contributed by atoms with E-state index in [2.05, 4.69) is 42.0 Å². The molecule has 0 unspecified atom stereocenters. The van der Waals surface area contributed by atoms with Crippen LogP contribution in [0.1, 0.15) is 61.9 Å². The van der Waals surface area contributed by atoms with Gasteiger partial charge in [-0.2, -0.15) is 18.4 Å². The van der Waals surface area contributed by atoms with Crippen LogP contribution < -0.4 is 30.7 Å². The van der Waals surface area contributed by atoms with E-state index in [4.69, 9.17) is 5.26 Å². The Hall–Kier alpha value is -5.28. The summed E-state index contributed by atoms with van der Waals surface area (Å²) in [5.74, 6) is 0.145. The maximum atomic E-state index is 14.0. The number of rotatable bonds is 19. The van der Waals surface area contributed by atoms with E-state index in [1.807, 2.05) is 17.0 Å². The minimum absolute atomic E-state index is 0.0712. The van der Waals surface area contributed by atoms with Crippen molar-refractivity contribution in [1.29, 1.82) is 5.26 Å². The van der Waals surface area contributed by atoms with E-state index in [9.17, 15) is 33.0 Å². The first-order valence-electron chi connectivity index (χ1n) is 19.1. The second-order valence-corrected chi connectivity index (χ2v) is 13.9. The fourth-order valence-electron chi connectivity index (χ4n) is 7.05. The normalized spacial score (nSPS) is 16.0. The zero-order valence-electron chi connectivity index (χ0n) is 31.3. The molecule has 2 aromatic heterocycles. The summed E-state index contributed by atoms with van der Waals surface area (Å²) in [4.78, 5) is 47.1. The van der Waals surface area contributed by atoms with Gasteiger partial charge in [-0.25, -0.2) is 19.9 Å². The molecule has 0 bridgehead atoms. The predicted octanol–water partition coefficient (Wildman–Crippen LogP) is 2.89. The number of aromatic nitrogens is 4. The lowest BCUT2D eigenvalue weighted by molar-refractivity contribution is -0.144. The van der Waals surface area contributed by atoms with E-state index < -0.39 is 18.0 Å². The summed E-state index contributed by atoms with van der Waals surface area (Å²) in [6.45, 7) is 3.08. The highest BCUT2D eigenvalue weighted by Gasteiger charge is 2.39. The second-order valence-electron chi connectivity index (χ2n) is 13.9. The van der Waals surface area contributed by atoms with Crippen LogP contribution in [0.3, 0.4) is 0 Å². The molecule has 3 aromatic rings. The molecule has 5 rings (SSSR count). The third kappa shape index (κ3) is 12.1. The Morgan fingerprint density at radius 3 is 2.36 bits per heavy atom. The number of amides is 2. The number of nitriles is 1. The van der Waals surface area contributed by atoms with Crippen LogP contribution in [0, 0.1) is 17.2 Å². The Bertz CT molecular complexity index is 1760. The zero-order valence-corrected chi connectivity index (χ0v) is 31.3. The second kappa shape index (κ2) is 20.6. The molecule has 0 aliphatic carbocycles. The average molecular weight is 782 g/mol. The lowest BCUT2D eigenvalue weighted by Gasteiger charge is -2.34. The third-order valence-corrected chi connectivity index (χ3v) is 10.0. The van der Waals surface area contributed by atoms with E-state index in [1.54, 1.807) is 34.1 Å². The predicted molar refractivity (Wildman–Crippen MR) is 204 cm³/mol. The minimum Gasteiger partial charge on any atom is -0.395 e. The molecule has 1 atom stereocenters. The first kappa shape index (κ1) is 41.9. The van der Waals surface area contributed by atoms with Crippen molar-refractivity contribution in [2.45, 2.75) is 63.6 Å². The first-order chi connectivity index (χ1) is 27.1. The van der Waals surface area contributed by atoms with Crippen LogP contribution in [0.5, 0.6) is 0 Å². The summed E-state index contributed by atoms with van der Waals surface area (Å²) in [5.41, 5.74) is 1.50. The summed E-state index contributed by atoms with van der Waals surface area (Å²) in [6.07, 6.45) is 1.66. The molecule has 2 amide bonds. The van der Waals surface area contributed by atoms with Crippen LogP contribution in [-0.2, 0) is 22.2 Å². The van der Waals surface area contributed by atoms with Gasteiger partial charge in [0.2, 0.25) is 17.6 Å². The number of alkyl halides is 3. The van der Waals surface area contributed by atoms with Gasteiger partial charge in [-0.1, -0.05) is 12.1 Å². The topological polar surface area (TPSA) is 196 Å². The number of hydrogen-bond donors (Lipinski definition) is 5. The lowest BCUT2D eigenvalue weighted by Crippen LogP contribution is -2.44. The van der Waals surface area contributed by atoms with Gasteiger partial charge in [0.05, 0.1) is 24.8 Å². The zero-order chi connectivity index (χ0) is 39.9. The largest absolute Gasteiger partial charge is 0.451 e. The fraction of sp³-hybridized carbons (Fsp3) is 0.553. The van der Waals surface area contributed by atoms with E-state index in [0.717, 1.165) is 24.8 Å². The van der Waals surface area contributed by atoms with Crippen molar-refractivity contribution < 1.29 is 33.0 Å². The Balaban J connectivity index is 1.06. The molecule has 0 radical (unpaired) electrons. The van der Waals surface area contributed by atoms with Gasteiger partial charge in [0.15, 0.2) is 0 Å². The number of halogens is 3. The molecule has 56 heavy (non-hydrogen) atoms. The maximum Gasteiger partial charge on any atom is 0.451 e. The molecule has 4 heterocycles. The van der Waals surface area contributed by atoms with Gasteiger partial charge < -0.3 is 40.9 Å². The standard InChI is InChI=1S/C38H50F3N11O4/c39-38(40,41)37-48-33(24-34(49-37)52-16-2-4-30(52)36(56)45-13-10-28-6-8-29(25-42)9-7-28)50-17-11-27(12-18-50)3-1-5-35(55)44-15-14-43-31-23-32(47-26-46-31)51(19-21-53)20-22-54/h6-9,23-24,26-27,30,53-54H,1-5,10-22H2,(H,44,55)(H,45,56)(H,43,46,47)/t30-/m0/s1. The van der Waals surface area contributed by atoms with Crippen molar-refractivity contribution in [2.75, 3.05) is 85.6 Å². The molecule has 18 heteroatoms. The van der Waals surface area contributed by atoms with Crippen LogP contribution >= 0.6 is 0 Å². The van der Waals surface area contributed by atoms with Crippen LogP contribution in [0.15, 0.2) is 42.7 Å². The van der Waals surface area contributed by atoms with E-state index in [0.29, 0.717) is 108 Å². The summed E-state index contributed by atoms with van der Waals surface area (Å²) < 4.78 is 42.1. The Morgan fingerprint density at radius 1 is 0.929 bits per heavy atom. The number of piperidine rings is 1. The molecular formula is C38H50F3N11O4. The van der Waals surface area contributed by atoms with Gasteiger partial charge in [-0.3, -0.25) is 9.59 Å². The Labute approximate surface area is 324 Å². The number of nitrogens with zero attached hydrogens (tertiary/aromatic N) is 8. The number of carbonyl (C=O) groups excluding carboxylic acids is 2. The van der Waals surface area contributed by atoms with E-state index in [1.165, 1.54) is 6.33 Å². The summed E-state index contributed by atoms with van der Waals surface area (Å²) in [6, 6.07) is 11.8. The number of anilines is 4. The third-order valence-electron chi connectivity index (χ3n) is 10.0. The van der Waals surface area contributed by atoms with Crippen molar-refractivity contribution >= 4 is 35.1 Å². The molecular weight excluding hydrogens is 731 g/mol. The monoisotopic (exact) mass is 781 g/mol. The minimum atomic E-state index is -4.76. The van der Waals surface area contributed by atoms with Gasteiger partial charge in [0.1, 0.15) is 35.6 Å². The van der Waals surface area contributed by atoms with Crippen molar-refractivity contribution in [3.8, 4) is 6.07 Å². The average Bonchev–Trinajstić information content (AvgIpc) is 3.70. The van der Waals surface area contributed by atoms with E-state index in [-0.39, 0.29) is 36.7 Å². The van der Waals surface area contributed by atoms with Gasteiger partial charge in [0, 0.05) is 70.9 Å². The molecule has 2 fully saturated rings. The number of nitrogens with one attached hydrogen (secondary N) is 3. The lowest BCUT2D eigenvalue weighted by atomic mass is 9.91. The maximum absolute atomic E-state index is 14.0. The number of aliphatic hydroxyl groups is 2. The number of aliphatic hydroxyl groups excluding tert-OH is 2. The number of carbonyl (C=O) groups is 2. The Morgan fingerprint density at radius 2 is 1.66 bits per heavy atom. The van der Waals surface area contributed by atoms with Crippen LogP contribution in [-0.4, -0.2) is 114 Å². The highest BCUT2D eigenvalue weighted by atomic mass is 19.4. The quantitative estimate of drug-likeness (QED) is 0.112. The number of benzene rings is 1. The molecule has 15 nitrogen and oxygen atoms in total. The molecule has 2 saturated heterocycles. The summed E-state index contributed by atoms with van der Waals surface area (Å²) >= 11 is 0. The smallest absolute Gasteiger partial charge is 0.395 e. The molecule has 302 valence electrons. The van der Waals surface area contributed by atoms with Crippen molar-refractivity contribution in [2.24, 2.45) is 5.92 Å². The van der Waals surface area contributed by atoms with Crippen molar-refractivity contribution in [1.82, 2.24) is 30.6 Å². The van der Waals surface area contributed by atoms with Crippen LogP contribution in [0.25, 0.3) is 0 Å². The number of hydrogen-bond acceptors (Lipinski definition) is 13. The molecule has 2 aliphatic rings. The van der Waals surface area contributed by atoms with Crippen LogP contribution in [0.4, 0.5) is 36.4 Å². The van der Waals surface area contributed by atoms with Gasteiger partial charge in [-0.05, 0) is 68.6 Å². The van der Waals surface area contributed by atoms with Crippen LogP contribution in [0.2, 0.25) is 0 Å². The van der Waals surface area contributed by atoms with E-state index >= 15 is 0 Å². The summed E-state index contributed by atoms with van der Waals surface area (Å²) in [5, 5.41) is 36.5. The molecule has 0 saturated carbocycles. The van der Waals surface area contributed by atoms with Crippen molar-refractivity contribution in [3.63, 3.8) is 0 Å². The van der Waals surface area contributed by atoms with Gasteiger partial charge in [0.25, 0.3) is 0 Å². The first-order valence-corrected chi connectivity index (χ1v) is 19.1. The molecule has 0 spiro atoms. The summed E-state index contributed by atoms with van der Waals surface area (Å²) in [7, 11) is 0. The highest BCUT2D eigenvalue weighted by molar-refractivity contribution is 5.85. The molecule has 1 aromatic carbocycles. The Kier molecular flexibility index (Phi) is 15.4. The van der Waals surface area contributed by atoms with Gasteiger partial charge in [-0.15, -0.1) is 0 Å². The molecule has 5 N–H and O–H groups in total.